The summed E-state index contributed by atoms with van der Waals surface area (Å²) >= 11 is 0. The molecule has 0 amide bonds. The maximum absolute atomic E-state index is 6.67. The van der Waals surface area contributed by atoms with E-state index in [0.717, 1.165) is 22.3 Å². The molecule has 1 saturated heterocycles. The fraction of sp³-hybridized carbons (Fsp3) is 0.314. The van der Waals surface area contributed by atoms with Crippen LogP contribution >= 0.6 is 0 Å². The van der Waals surface area contributed by atoms with E-state index in [9.17, 15) is 0 Å². The second-order valence-corrected chi connectivity index (χ2v) is 10.2. The predicted octanol–water partition coefficient (Wildman–Crippen LogP) is 5.90. The highest BCUT2D eigenvalue weighted by Crippen LogP contribution is 2.30. The van der Waals surface area contributed by atoms with E-state index in [4.69, 9.17) is 23.7 Å². The molecule has 214 valence electrons. The lowest BCUT2D eigenvalue weighted by molar-refractivity contribution is -0.277. The van der Waals surface area contributed by atoms with Crippen molar-refractivity contribution < 1.29 is 23.7 Å². The molecule has 0 aromatic heterocycles. The lowest BCUT2D eigenvalue weighted by Gasteiger charge is -2.46. The summed E-state index contributed by atoms with van der Waals surface area (Å²) in [7, 11) is 1.88. The van der Waals surface area contributed by atoms with Crippen LogP contribution in [-0.2, 0) is 50.1 Å². The summed E-state index contributed by atoms with van der Waals surface area (Å²) in [5.41, 5.74) is 4.35. The molecule has 1 aliphatic heterocycles. The fourth-order valence-corrected chi connectivity index (χ4v) is 5.02. The van der Waals surface area contributed by atoms with Gasteiger partial charge in [0.05, 0.1) is 33.0 Å². The molecule has 0 unspecified atom stereocenters. The number of hydrogen-bond donors (Lipinski definition) is 1. The van der Waals surface area contributed by atoms with Gasteiger partial charge in [0.2, 0.25) is 0 Å². The SMILES string of the molecule is CN[C@@H]1O[C@H](COCc2ccccc2)[C@H](OCc2ccccc2)[C@H](OCc2ccccc2)[C@H]1OCc1ccccc1. The first-order chi connectivity index (χ1) is 20.3. The van der Waals surface area contributed by atoms with E-state index in [-0.39, 0.29) is 6.10 Å². The molecular formula is C35H39NO5. The number of ether oxygens (including phenoxy) is 5. The van der Waals surface area contributed by atoms with E-state index in [0.29, 0.717) is 33.0 Å². The third-order valence-corrected chi connectivity index (χ3v) is 7.17. The molecule has 41 heavy (non-hydrogen) atoms. The van der Waals surface area contributed by atoms with E-state index in [1.54, 1.807) is 0 Å². The number of hydrogen-bond acceptors (Lipinski definition) is 6. The van der Waals surface area contributed by atoms with Gasteiger partial charge in [-0.2, -0.15) is 0 Å². The number of benzene rings is 4. The molecule has 5 atom stereocenters. The van der Waals surface area contributed by atoms with Crippen LogP contribution in [0.5, 0.6) is 0 Å². The smallest absolute Gasteiger partial charge is 0.137 e. The Bertz CT molecular complexity index is 1260. The lowest BCUT2D eigenvalue weighted by atomic mass is 9.97. The first-order valence-corrected chi connectivity index (χ1v) is 14.2. The maximum atomic E-state index is 6.67. The number of rotatable bonds is 14. The molecule has 1 heterocycles. The summed E-state index contributed by atoms with van der Waals surface area (Å²) in [6, 6.07) is 40.6. The Morgan fingerprint density at radius 3 is 1.34 bits per heavy atom. The first-order valence-electron chi connectivity index (χ1n) is 14.2. The highest BCUT2D eigenvalue weighted by molar-refractivity contribution is 5.16. The van der Waals surface area contributed by atoms with Gasteiger partial charge in [0, 0.05) is 0 Å². The third-order valence-electron chi connectivity index (χ3n) is 7.17. The van der Waals surface area contributed by atoms with E-state index in [1.807, 2.05) is 79.8 Å². The van der Waals surface area contributed by atoms with Crippen LogP contribution in [0.25, 0.3) is 0 Å². The average molecular weight is 554 g/mol. The quantitative estimate of drug-likeness (QED) is 0.210. The molecule has 0 radical (unpaired) electrons. The van der Waals surface area contributed by atoms with Gasteiger partial charge in [-0.25, -0.2) is 0 Å². The standard InChI is InChI=1S/C35H39NO5/c1-36-35-34(40-25-30-20-12-5-13-21-30)33(39-24-29-18-10-4-11-19-29)32(38-23-28-16-8-3-9-17-28)31(41-35)26-37-22-27-14-6-2-7-15-27/h2-21,31-36H,22-26H2,1H3/t31-,32+,33+,34-,35-/m1/s1. The summed E-state index contributed by atoms with van der Waals surface area (Å²) in [4.78, 5) is 0. The van der Waals surface area contributed by atoms with Gasteiger partial charge >= 0.3 is 0 Å². The van der Waals surface area contributed by atoms with Gasteiger partial charge in [-0.05, 0) is 29.3 Å². The van der Waals surface area contributed by atoms with E-state index >= 15 is 0 Å². The van der Waals surface area contributed by atoms with Crippen molar-refractivity contribution in [2.75, 3.05) is 13.7 Å². The molecular weight excluding hydrogens is 514 g/mol. The summed E-state index contributed by atoms with van der Waals surface area (Å²) in [6.07, 6.45) is -2.06. The van der Waals surface area contributed by atoms with Crippen molar-refractivity contribution in [2.45, 2.75) is 57.1 Å². The van der Waals surface area contributed by atoms with Crippen LogP contribution in [-0.4, -0.2) is 44.3 Å². The monoisotopic (exact) mass is 553 g/mol. The van der Waals surface area contributed by atoms with Gasteiger partial charge in [-0.3, -0.25) is 5.32 Å². The minimum atomic E-state index is -0.430. The van der Waals surface area contributed by atoms with Crippen LogP contribution in [0, 0.1) is 0 Å². The van der Waals surface area contributed by atoms with Gasteiger partial charge in [0.15, 0.2) is 0 Å². The molecule has 6 heteroatoms. The van der Waals surface area contributed by atoms with E-state index in [1.165, 1.54) is 0 Å². The zero-order chi connectivity index (χ0) is 28.1. The van der Waals surface area contributed by atoms with Crippen LogP contribution in [0.1, 0.15) is 22.3 Å². The Kier molecular flexibility index (Phi) is 11.1. The fourth-order valence-electron chi connectivity index (χ4n) is 5.02. The van der Waals surface area contributed by atoms with Gasteiger partial charge < -0.3 is 23.7 Å². The molecule has 0 bridgehead atoms. The second kappa shape index (κ2) is 15.6. The van der Waals surface area contributed by atoms with Crippen molar-refractivity contribution in [2.24, 2.45) is 0 Å². The van der Waals surface area contributed by atoms with Crippen molar-refractivity contribution in [3.05, 3.63) is 144 Å². The Morgan fingerprint density at radius 1 is 0.512 bits per heavy atom. The molecule has 1 fully saturated rings. The van der Waals surface area contributed by atoms with E-state index in [2.05, 4.69) is 53.8 Å². The van der Waals surface area contributed by atoms with Crippen LogP contribution in [0.2, 0.25) is 0 Å². The number of nitrogens with one attached hydrogen (secondary N) is 1. The topological polar surface area (TPSA) is 58.2 Å². The van der Waals surface area contributed by atoms with E-state index < -0.39 is 24.5 Å². The Morgan fingerprint density at radius 2 is 0.902 bits per heavy atom. The van der Waals surface area contributed by atoms with Gasteiger partial charge in [0.25, 0.3) is 0 Å². The Labute approximate surface area is 243 Å². The summed E-state index contributed by atoms with van der Waals surface area (Å²) < 4.78 is 32.6. The summed E-state index contributed by atoms with van der Waals surface area (Å²) in [5.74, 6) is 0. The lowest BCUT2D eigenvalue weighted by Crippen LogP contribution is -2.64. The van der Waals surface area contributed by atoms with Crippen molar-refractivity contribution in [3.63, 3.8) is 0 Å². The van der Waals surface area contributed by atoms with Crippen LogP contribution < -0.4 is 5.32 Å². The molecule has 0 aliphatic carbocycles. The summed E-state index contributed by atoms with van der Waals surface area (Å²) in [6.45, 7) is 2.11. The number of likely N-dealkylation sites (N-methyl/N-ethyl adjacent to an activating group) is 1. The highest BCUT2D eigenvalue weighted by Gasteiger charge is 2.48. The maximum Gasteiger partial charge on any atom is 0.137 e. The Hall–Kier alpha value is -3.36. The zero-order valence-electron chi connectivity index (χ0n) is 23.5. The molecule has 0 saturated carbocycles. The Balaban J connectivity index is 1.38. The van der Waals surface area contributed by atoms with Crippen LogP contribution in [0.4, 0.5) is 0 Å². The van der Waals surface area contributed by atoms with Crippen LogP contribution in [0.15, 0.2) is 121 Å². The molecule has 4 aromatic rings. The van der Waals surface area contributed by atoms with Gasteiger partial charge in [-0.15, -0.1) is 0 Å². The van der Waals surface area contributed by atoms with Gasteiger partial charge in [0.1, 0.15) is 30.6 Å². The highest BCUT2D eigenvalue weighted by atomic mass is 16.6. The van der Waals surface area contributed by atoms with Crippen molar-refractivity contribution >= 4 is 0 Å². The largest absolute Gasteiger partial charge is 0.374 e. The van der Waals surface area contributed by atoms with Crippen LogP contribution in [0.3, 0.4) is 0 Å². The first kappa shape index (κ1) is 29.1. The molecule has 1 aliphatic rings. The van der Waals surface area contributed by atoms with Crippen molar-refractivity contribution in [1.29, 1.82) is 0 Å². The average Bonchev–Trinajstić information content (AvgIpc) is 3.04. The summed E-state index contributed by atoms with van der Waals surface area (Å²) in [5, 5.41) is 3.31. The molecule has 0 spiro atoms. The molecule has 5 rings (SSSR count). The third kappa shape index (κ3) is 8.57. The molecule has 4 aromatic carbocycles. The zero-order valence-corrected chi connectivity index (χ0v) is 23.5. The second-order valence-electron chi connectivity index (χ2n) is 10.2. The van der Waals surface area contributed by atoms with Crippen molar-refractivity contribution in [3.8, 4) is 0 Å². The van der Waals surface area contributed by atoms with Crippen molar-refractivity contribution in [1.82, 2.24) is 5.32 Å². The minimum Gasteiger partial charge on any atom is -0.374 e. The normalized spacial score (nSPS) is 22.4. The molecule has 6 nitrogen and oxygen atoms in total. The molecule has 1 N–H and O–H groups in total. The minimum absolute atomic E-state index is 0.350. The predicted molar refractivity (Wildman–Crippen MR) is 159 cm³/mol. The van der Waals surface area contributed by atoms with Gasteiger partial charge in [-0.1, -0.05) is 121 Å².